The van der Waals surface area contributed by atoms with Gasteiger partial charge in [0.15, 0.2) is 0 Å². The third-order valence-electron chi connectivity index (χ3n) is 4.64. The Kier molecular flexibility index (Phi) is 12.8. The first-order chi connectivity index (χ1) is 15.3. The second kappa shape index (κ2) is 13.7. The Hall–Kier alpha value is -2.17. The summed E-state index contributed by atoms with van der Waals surface area (Å²) in [5.74, 6) is 0. The fourth-order valence-corrected chi connectivity index (χ4v) is 3.07. The molecule has 0 aliphatic carbocycles. The Morgan fingerprint density at radius 1 is 0.735 bits per heavy atom. The van der Waals surface area contributed by atoms with Crippen molar-refractivity contribution in [2.75, 3.05) is 46.3 Å². The number of ether oxygens (including phenoxy) is 2. The molecule has 0 heterocycles. The van der Waals surface area contributed by atoms with Gasteiger partial charge in [-0.3, -0.25) is 0 Å². The number of carbonyl (C=O) groups excluding carboxylic acids is 2. The molecule has 8 nitrogen and oxygen atoms in total. The van der Waals surface area contributed by atoms with Crippen molar-refractivity contribution >= 4 is 12.2 Å². The molecule has 34 heavy (non-hydrogen) atoms. The van der Waals surface area contributed by atoms with Gasteiger partial charge < -0.3 is 29.9 Å². The van der Waals surface area contributed by atoms with E-state index in [4.69, 9.17) is 9.47 Å². The maximum Gasteiger partial charge on any atom is 0.430 e. The zero-order chi connectivity index (χ0) is 26.6. The second-order valence-electron chi connectivity index (χ2n) is 10.6. The average Bonchev–Trinajstić information content (AvgIpc) is 2.62. The van der Waals surface area contributed by atoms with Crippen LogP contribution < -0.4 is 16.0 Å². The van der Waals surface area contributed by atoms with Crippen LogP contribution in [0.5, 0.6) is 0 Å². The summed E-state index contributed by atoms with van der Waals surface area (Å²) < 4.78 is 48.8. The lowest BCUT2D eigenvalue weighted by atomic mass is 10.2. The van der Waals surface area contributed by atoms with Gasteiger partial charge in [-0.1, -0.05) is 6.58 Å². The fourth-order valence-electron chi connectivity index (χ4n) is 3.07. The number of nitrogens with zero attached hydrogens (tertiary/aromatic N) is 1. The zero-order valence-corrected chi connectivity index (χ0v) is 21.8. The van der Waals surface area contributed by atoms with E-state index in [9.17, 15) is 22.8 Å². The van der Waals surface area contributed by atoms with E-state index in [2.05, 4.69) is 22.5 Å². The van der Waals surface area contributed by atoms with Crippen LogP contribution in [0.4, 0.5) is 22.8 Å². The topological polar surface area (TPSA) is 88.7 Å². The van der Waals surface area contributed by atoms with Crippen LogP contribution in [0, 0.1) is 0 Å². The molecule has 11 heteroatoms. The maximum atomic E-state index is 12.6. The highest BCUT2D eigenvalue weighted by molar-refractivity contribution is 5.67. The molecule has 3 N–H and O–H groups in total. The Balaban J connectivity index is 4.66. The lowest BCUT2D eigenvalue weighted by Crippen LogP contribution is -2.48. The number of quaternary nitrogens is 1. The number of hydrogen-bond acceptors (Lipinski definition) is 5. The summed E-state index contributed by atoms with van der Waals surface area (Å²) in [7, 11) is 2.01. The summed E-state index contributed by atoms with van der Waals surface area (Å²) in [6, 6.07) is 0. The number of hydrogen-bond donors (Lipinski definition) is 3. The van der Waals surface area contributed by atoms with Gasteiger partial charge in [0, 0.05) is 38.9 Å². The van der Waals surface area contributed by atoms with Gasteiger partial charge in [-0.25, -0.2) is 9.59 Å². The molecule has 0 fully saturated rings. The molecule has 0 aliphatic heterocycles. The molecule has 0 aromatic carbocycles. The minimum absolute atomic E-state index is 0.151. The fraction of sp³-hybridized carbons (Fsp3) is 0.826. The van der Waals surface area contributed by atoms with E-state index in [1.54, 1.807) is 41.5 Å². The molecule has 0 aromatic heterocycles. The van der Waals surface area contributed by atoms with E-state index >= 15 is 0 Å². The van der Waals surface area contributed by atoms with Crippen LogP contribution in [0.25, 0.3) is 0 Å². The van der Waals surface area contributed by atoms with Crippen LogP contribution in [0.2, 0.25) is 0 Å². The molecule has 0 aromatic rings. The maximum absolute atomic E-state index is 12.6. The zero-order valence-electron chi connectivity index (χ0n) is 21.8. The lowest BCUT2D eigenvalue weighted by molar-refractivity contribution is -0.909. The summed E-state index contributed by atoms with van der Waals surface area (Å²) in [4.78, 5) is 23.6. The van der Waals surface area contributed by atoms with Crippen LogP contribution in [0.1, 0.15) is 60.8 Å². The van der Waals surface area contributed by atoms with Crippen molar-refractivity contribution in [3.63, 3.8) is 0 Å². The summed E-state index contributed by atoms with van der Waals surface area (Å²) in [5, 5.41) is 7.77. The molecular formula is C23H44F3N4O4+. The smallest absolute Gasteiger partial charge is 0.430 e. The van der Waals surface area contributed by atoms with E-state index in [0.717, 1.165) is 0 Å². The van der Waals surface area contributed by atoms with Crippen molar-refractivity contribution in [3.05, 3.63) is 12.3 Å². The number of carbonyl (C=O) groups is 2. The van der Waals surface area contributed by atoms with Gasteiger partial charge in [0.25, 0.3) is 0 Å². The van der Waals surface area contributed by atoms with Gasteiger partial charge in [0.2, 0.25) is 0 Å². The molecule has 0 saturated carbocycles. The van der Waals surface area contributed by atoms with Crippen LogP contribution in [-0.4, -0.2) is 80.4 Å². The molecule has 0 unspecified atom stereocenters. The SMILES string of the molecule is C=C(NCCC[N+](C)(CCCNC(=O)OC(C)(C)C)CCCNC(=O)OC(C)(C)C)C(F)(F)F. The molecule has 2 amide bonds. The van der Waals surface area contributed by atoms with Gasteiger partial charge in [0.1, 0.15) is 16.9 Å². The normalized spacial score (nSPS) is 12.6. The largest absolute Gasteiger partial charge is 0.444 e. The van der Waals surface area contributed by atoms with Crippen molar-refractivity contribution in [1.82, 2.24) is 16.0 Å². The Bertz CT molecular complexity index is 620. The molecule has 0 spiro atoms. The predicted molar refractivity (Wildman–Crippen MR) is 126 cm³/mol. The minimum atomic E-state index is -4.46. The third kappa shape index (κ3) is 17.3. The van der Waals surface area contributed by atoms with Crippen molar-refractivity contribution in [3.8, 4) is 0 Å². The van der Waals surface area contributed by atoms with Crippen LogP contribution in [-0.2, 0) is 9.47 Å². The minimum Gasteiger partial charge on any atom is -0.444 e. The van der Waals surface area contributed by atoms with Gasteiger partial charge in [0.05, 0.1) is 26.7 Å². The Morgan fingerprint density at radius 3 is 1.35 bits per heavy atom. The van der Waals surface area contributed by atoms with Crippen LogP contribution in [0.3, 0.4) is 0 Å². The van der Waals surface area contributed by atoms with Crippen molar-refractivity contribution in [2.45, 2.75) is 78.2 Å². The van der Waals surface area contributed by atoms with Gasteiger partial charge in [-0.2, -0.15) is 13.2 Å². The van der Waals surface area contributed by atoms with Crippen molar-refractivity contribution < 1.29 is 36.7 Å². The molecule has 0 rings (SSSR count). The first kappa shape index (κ1) is 31.8. The van der Waals surface area contributed by atoms with E-state index in [-0.39, 0.29) is 6.54 Å². The van der Waals surface area contributed by atoms with Gasteiger partial charge in [-0.05, 0) is 41.5 Å². The number of amides is 2. The van der Waals surface area contributed by atoms with Crippen LogP contribution >= 0.6 is 0 Å². The van der Waals surface area contributed by atoms with E-state index in [1.165, 1.54) is 0 Å². The Morgan fingerprint density at radius 2 is 1.06 bits per heavy atom. The summed E-state index contributed by atoms with van der Waals surface area (Å²) in [6.45, 7) is 16.7. The number of rotatable bonds is 13. The van der Waals surface area contributed by atoms with Crippen molar-refractivity contribution in [1.29, 1.82) is 0 Å². The Labute approximate surface area is 202 Å². The lowest BCUT2D eigenvalue weighted by Gasteiger charge is -2.35. The molecule has 0 aliphatic rings. The number of halogens is 3. The standard InChI is InChI=1S/C23H43F3N4O4/c1-18(23(24,25)26)27-12-9-15-30(8,16-10-13-28-19(31)33-21(2,3)4)17-11-14-29-20(32)34-22(5,6)7/h27H,1,9-17H2,2-8H3,(H-,28,29,31,32)/p+1. The first-order valence-electron chi connectivity index (χ1n) is 11.6. The highest BCUT2D eigenvalue weighted by atomic mass is 19.4. The van der Waals surface area contributed by atoms with E-state index in [0.29, 0.717) is 56.5 Å². The number of nitrogens with one attached hydrogen (secondary N) is 3. The average molecular weight is 498 g/mol. The number of alkyl carbamates (subject to hydrolysis) is 2. The third-order valence-corrected chi connectivity index (χ3v) is 4.64. The molecule has 0 bridgehead atoms. The molecule has 0 saturated heterocycles. The quantitative estimate of drug-likeness (QED) is 0.261. The molecule has 0 atom stereocenters. The monoisotopic (exact) mass is 497 g/mol. The van der Waals surface area contributed by atoms with E-state index in [1.807, 2.05) is 7.05 Å². The predicted octanol–water partition coefficient (Wildman–Crippen LogP) is 4.32. The highest BCUT2D eigenvalue weighted by Gasteiger charge is 2.32. The first-order valence-corrected chi connectivity index (χ1v) is 11.6. The van der Waals surface area contributed by atoms with E-state index < -0.39 is 35.3 Å². The summed E-state index contributed by atoms with van der Waals surface area (Å²) >= 11 is 0. The number of alkyl halides is 3. The molecule has 0 radical (unpaired) electrons. The molecular weight excluding hydrogens is 453 g/mol. The number of allylic oxidation sites excluding steroid dienone is 1. The molecule has 200 valence electrons. The van der Waals surface area contributed by atoms with Gasteiger partial charge >= 0.3 is 18.4 Å². The van der Waals surface area contributed by atoms with Gasteiger partial charge in [-0.15, -0.1) is 0 Å². The van der Waals surface area contributed by atoms with Crippen LogP contribution in [0.15, 0.2) is 12.3 Å². The summed E-state index contributed by atoms with van der Waals surface area (Å²) in [6.07, 6.45) is -3.60. The highest BCUT2D eigenvalue weighted by Crippen LogP contribution is 2.21. The second-order valence-corrected chi connectivity index (χ2v) is 10.6. The van der Waals surface area contributed by atoms with Crippen molar-refractivity contribution in [2.24, 2.45) is 0 Å². The summed E-state index contributed by atoms with van der Waals surface area (Å²) in [5.41, 5.74) is -2.11.